The third kappa shape index (κ3) is 8.24. The Morgan fingerprint density at radius 3 is 2.05 bits per heavy atom. The molecule has 16 heteroatoms. The molecule has 1 fully saturated rings. The maximum Gasteiger partial charge on any atom is 0.397 e. The Balaban J connectivity index is 1.22. The van der Waals surface area contributed by atoms with E-state index in [0.717, 1.165) is 18.4 Å². The van der Waals surface area contributed by atoms with Crippen molar-refractivity contribution >= 4 is 42.9 Å². The van der Waals surface area contributed by atoms with E-state index in [1.54, 1.807) is 53.1 Å². The van der Waals surface area contributed by atoms with Crippen LogP contribution in [0.4, 0.5) is 17.6 Å². The number of aromatic nitrogens is 2. The second-order valence-corrected chi connectivity index (χ2v) is 18.6. The Hall–Kier alpha value is -6.39. The number of fused-ring (bicyclic) bond motifs is 1. The van der Waals surface area contributed by atoms with Crippen molar-refractivity contribution in [2.75, 3.05) is 0 Å². The summed E-state index contributed by atoms with van der Waals surface area (Å²) in [6, 6.07) is 32.4. The number of benzene rings is 5. The molecule has 2 atom stereocenters. The lowest BCUT2D eigenvalue weighted by atomic mass is 9.80. The smallest absolute Gasteiger partial charge is 0.323 e. The topological polar surface area (TPSA) is 144 Å². The number of hydrogen-bond acceptors (Lipinski definition) is 7. The predicted molar refractivity (Wildman–Crippen MR) is 220 cm³/mol. The number of para-hydroxylation sites is 1. The van der Waals surface area contributed by atoms with Crippen LogP contribution in [0.15, 0.2) is 156 Å². The monoisotopic (exact) mass is 868 g/mol. The minimum atomic E-state index is -5.54. The van der Waals surface area contributed by atoms with Gasteiger partial charge < -0.3 is 4.57 Å². The van der Waals surface area contributed by atoms with Crippen molar-refractivity contribution in [3.05, 3.63) is 180 Å². The predicted octanol–water partition coefficient (Wildman–Crippen LogP) is 7.99. The van der Waals surface area contributed by atoms with E-state index in [-0.39, 0.29) is 34.0 Å². The van der Waals surface area contributed by atoms with Crippen molar-refractivity contribution < 1.29 is 44.0 Å². The number of sulfonamides is 2. The van der Waals surface area contributed by atoms with Gasteiger partial charge in [-0.3, -0.25) is 9.59 Å². The molecule has 2 aliphatic rings. The Bertz CT molecular complexity index is 2950. The summed E-state index contributed by atoms with van der Waals surface area (Å²) in [5, 5.41) is 0. The summed E-state index contributed by atoms with van der Waals surface area (Å²) in [4.78, 5) is 32.3. The van der Waals surface area contributed by atoms with Gasteiger partial charge in [-0.15, -0.1) is 0 Å². The van der Waals surface area contributed by atoms with Crippen LogP contribution in [0.2, 0.25) is 0 Å². The first kappa shape index (κ1) is 41.3. The van der Waals surface area contributed by atoms with E-state index < -0.39 is 66.5 Å². The molecule has 6 aromatic rings. The molecule has 0 saturated heterocycles. The summed E-state index contributed by atoms with van der Waals surface area (Å²) in [7, 11) is -10.1. The Morgan fingerprint density at radius 1 is 0.754 bits per heavy atom. The van der Waals surface area contributed by atoms with E-state index in [2.05, 4.69) is 0 Å². The van der Waals surface area contributed by atoms with Crippen molar-refractivity contribution in [1.82, 2.24) is 19.0 Å². The van der Waals surface area contributed by atoms with Gasteiger partial charge in [0.1, 0.15) is 21.9 Å². The molecule has 0 bridgehead atoms. The maximum atomic E-state index is 15.3. The van der Waals surface area contributed by atoms with Crippen LogP contribution in [0.25, 0.3) is 22.2 Å². The van der Waals surface area contributed by atoms with Crippen molar-refractivity contribution in [3.63, 3.8) is 0 Å². The van der Waals surface area contributed by atoms with Crippen LogP contribution in [0.1, 0.15) is 46.1 Å². The van der Waals surface area contributed by atoms with E-state index in [4.69, 9.17) is 4.98 Å². The van der Waals surface area contributed by atoms with Gasteiger partial charge in [-0.05, 0) is 72.4 Å². The fourth-order valence-electron chi connectivity index (χ4n) is 7.63. The van der Waals surface area contributed by atoms with Crippen LogP contribution in [-0.4, -0.2) is 49.1 Å². The first-order valence-corrected chi connectivity index (χ1v) is 22.1. The first-order chi connectivity index (χ1) is 29.1. The number of allylic oxidation sites excluding steroid dienone is 1. The number of rotatable bonds is 12. The number of nitrogens with one attached hydrogen (secondary N) is 2. The number of nitrogens with zero attached hydrogens (tertiary/aromatic N) is 2. The summed E-state index contributed by atoms with van der Waals surface area (Å²) in [6.07, 6.45) is -2.87. The largest absolute Gasteiger partial charge is 0.397 e. The molecular weight excluding hydrogens is 833 g/mol. The molecule has 0 aliphatic heterocycles. The summed E-state index contributed by atoms with van der Waals surface area (Å²) >= 11 is 0. The fourth-order valence-corrected chi connectivity index (χ4v) is 10.4. The molecule has 0 radical (unpaired) electrons. The SMILES string of the molecule is O=C(NS(=O)(=O)c1ccccc1)C1=CC(Cc2ccc(-c3ccccc3)cc2)(S(=O)(=O)NC(=O)c2cccc3c2nc(C2CC2)n3Cc2ccccc2F)C(C(F)(F)F)C=C1. The Morgan fingerprint density at radius 2 is 1.39 bits per heavy atom. The standard InChI is InChI=1S/C45H36F4N4O6S2/c46-37-16-8-7-12-34(37)28-53-38-17-9-15-36(40(38)50-41(53)32-22-23-32)43(55)52-61(58,59)44(26-29-18-20-31(21-19-29)30-10-3-1-4-11-30)27-33(24-25-39(44)45(47,48)49)42(54)51-60(56,57)35-13-5-2-6-14-35/h1-21,24-25,27,32,39H,22-23,26,28H2,(H,51,54)(H,52,55). The van der Waals surface area contributed by atoms with E-state index in [1.165, 1.54) is 60.7 Å². The highest BCUT2D eigenvalue weighted by molar-refractivity contribution is 7.91. The highest BCUT2D eigenvalue weighted by Crippen LogP contribution is 2.47. The van der Waals surface area contributed by atoms with Gasteiger partial charge in [0.05, 0.1) is 28.4 Å². The van der Waals surface area contributed by atoms with Crippen molar-refractivity contribution in [1.29, 1.82) is 0 Å². The van der Waals surface area contributed by atoms with Crippen LogP contribution >= 0.6 is 0 Å². The summed E-state index contributed by atoms with van der Waals surface area (Å²) in [5.74, 6) is -5.48. The molecule has 0 spiro atoms. The summed E-state index contributed by atoms with van der Waals surface area (Å²) in [5.41, 5.74) is 1.34. The zero-order valence-corrected chi connectivity index (χ0v) is 33.6. The average molecular weight is 869 g/mol. The summed E-state index contributed by atoms with van der Waals surface area (Å²) in [6.45, 7) is 0.0414. The third-order valence-electron chi connectivity index (χ3n) is 10.8. The minimum Gasteiger partial charge on any atom is -0.323 e. The van der Waals surface area contributed by atoms with Crippen LogP contribution in [0.3, 0.4) is 0 Å². The first-order valence-electron chi connectivity index (χ1n) is 19.1. The number of hydrogen-bond donors (Lipinski definition) is 2. The molecule has 2 aliphatic carbocycles. The normalized spacial score (nSPS) is 18.1. The molecule has 2 N–H and O–H groups in total. The molecule has 1 heterocycles. The van der Waals surface area contributed by atoms with Crippen LogP contribution in [0, 0.1) is 11.7 Å². The fraction of sp³-hybridized carbons (Fsp3) is 0.178. The van der Waals surface area contributed by atoms with Crippen LogP contribution in [0.5, 0.6) is 0 Å². The quantitative estimate of drug-likeness (QED) is 0.119. The molecular formula is C45H36F4N4O6S2. The molecule has 1 aromatic heterocycles. The maximum absolute atomic E-state index is 15.3. The van der Waals surface area contributed by atoms with Gasteiger partial charge in [0.15, 0.2) is 0 Å². The molecule has 5 aromatic carbocycles. The molecule has 8 rings (SSSR count). The molecule has 2 unspecified atom stereocenters. The van der Waals surface area contributed by atoms with Gasteiger partial charge >= 0.3 is 6.18 Å². The highest BCUT2D eigenvalue weighted by Gasteiger charge is 2.60. The minimum absolute atomic E-state index is 0.0163. The van der Waals surface area contributed by atoms with Gasteiger partial charge in [0.2, 0.25) is 10.0 Å². The van der Waals surface area contributed by atoms with Gasteiger partial charge in [-0.2, -0.15) is 13.2 Å². The summed E-state index contributed by atoms with van der Waals surface area (Å²) < 4.78 is 119. The van der Waals surface area contributed by atoms with E-state index in [1.807, 2.05) is 27.6 Å². The number of halogens is 4. The molecule has 2 amide bonds. The zero-order valence-electron chi connectivity index (χ0n) is 32.0. The number of alkyl halides is 3. The lowest BCUT2D eigenvalue weighted by molar-refractivity contribution is -0.167. The van der Waals surface area contributed by atoms with Gasteiger partial charge in [0, 0.05) is 17.1 Å². The van der Waals surface area contributed by atoms with E-state index in [9.17, 15) is 30.8 Å². The highest BCUT2D eigenvalue weighted by atomic mass is 32.2. The third-order valence-corrected chi connectivity index (χ3v) is 14.2. The average Bonchev–Trinajstić information content (AvgIpc) is 4.02. The van der Waals surface area contributed by atoms with Crippen LogP contribution < -0.4 is 9.44 Å². The molecule has 10 nitrogen and oxygen atoms in total. The van der Waals surface area contributed by atoms with E-state index >= 15 is 13.2 Å². The molecule has 312 valence electrons. The molecule has 1 saturated carbocycles. The Labute approximate surface area is 348 Å². The molecule has 61 heavy (non-hydrogen) atoms. The van der Waals surface area contributed by atoms with Crippen molar-refractivity contribution in [3.8, 4) is 11.1 Å². The number of carbonyl (C=O) groups excluding carboxylic acids is 2. The van der Waals surface area contributed by atoms with Crippen molar-refractivity contribution in [2.24, 2.45) is 5.92 Å². The van der Waals surface area contributed by atoms with Gasteiger partial charge in [-0.25, -0.2) is 35.7 Å². The lowest BCUT2D eigenvalue weighted by Gasteiger charge is -2.39. The lowest BCUT2D eigenvalue weighted by Crippen LogP contribution is -2.57. The zero-order chi connectivity index (χ0) is 43.2. The van der Waals surface area contributed by atoms with Crippen molar-refractivity contribution in [2.45, 2.75) is 47.5 Å². The van der Waals surface area contributed by atoms with Gasteiger partial charge in [-0.1, -0.05) is 109 Å². The van der Waals surface area contributed by atoms with Crippen LogP contribution in [-0.2, 0) is 37.8 Å². The second-order valence-electron chi connectivity index (χ2n) is 15.0. The second kappa shape index (κ2) is 15.9. The van der Waals surface area contributed by atoms with Gasteiger partial charge in [0.25, 0.3) is 21.8 Å². The van der Waals surface area contributed by atoms with E-state index in [0.29, 0.717) is 40.7 Å². The number of carbonyl (C=O) groups is 2. The Kier molecular flexibility index (Phi) is 10.8. The number of imidazole rings is 1. The number of amides is 2.